The van der Waals surface area contributed by atoms with Crippen LogP contribution in [-0.4, -0.2) is 35.2 Å². The number of anilines is 1. The van der Waals surface area contributed by atoms with Crippen LogP contribution in [0.4, 0.5) is 10.1 Å². The lowest BCUT2D eigenvalue weighted by atomic mass is 10.0. The number of aromatic hydroxyl groups is 1. The minimum absolute atomic E-state index is 0.179. The Morgan fingerprint density at radius 1 is 0.879 bits per heavy atom. The Hall–Kier alpha value is -4.79. The molecule has 0 radical (unpaired) electrons. The molecule has 9 heteroatoms. The zero-order chi connectivity index (χ0) is 22.5. The summed E-state index contributed by atoms with van der Waals surface area (Å²) in [6, 6.07) is 13.4. The van der Waals surface area contributed by atoms with Crippen molar-refractivity contribution in [3.05, 3.63) is 72.9 Å². The van der Waals surface area contributed by atoms with Crippen LogP contribution in [-0.2, 0) is 0 Å². The summed E-state index contributed by atoms with van der Waals surface area (Å²) in [7, 11) is 0. The number of nitrogen functional groups attached to an aromatic ring is 1. The molecule has 160 valence electrons. The van der Waals surface area contributed by atoms with Crippen LogP contribution in [0, 0.1) is 5.82 Å². The van der Waals surface area contributed by atoms with Crippen LogP contribution >= 0.6 is 0 Å². The number of nitrogens with two attached hydrogens (primary N) is 1. The molecule has 0 saturated heterocycles. The maximum atomic E-state index is 13.9. The number of rotatable bonds is 3. The van der Waals surface area contributed by atoms with Gasteiger partial charge in [-0.3, -0.25) is 15.1 Å². The topological polar surface area (TPSA) is 129 Å². The van der Waals surface area contributed by atoms with Gasteiger partial charge in [0, 0.05) is 41.2 Å². The summed E-state index contributed by atoms with van der Waals surface area (Å²) in [5.41, 5.74) is 11.9. The smallest absolute Gasteiger partial charge is 0.159 e. The Bertz CT molecular complexity index is 1650. The van der Waals surface area contributed by atoms with E-state index in [1.807, 2.05) is 24.3 Å². The van der Waals surface area contributed by atoms with Crippen molar-refractivity contribution in [1.82, 2.24) is 30.1 Å². The molecule has 0 amide bonds. The number of aromatic nitrogens is 6. The van der Waals surface area contributed by atoms with Gasteiger partial charge in [0.2, 0.25) is 0 Å². The summed E-state index contributed by atoms with van der Waals surface area (Å²) < 4.78 is 13.9. The van der Waals surface area contributed by atoms with E-state index >= 15 is 0 Å². The highest BCUT2D eigenvalue weighted by Crippen LogP contribution is 2.33. The number of hydrogen-bond acceptors (Lipinski definition) is 6. The molecule has 0 aliphatic rings. The van der Waals surface area contributed by atoms with E-state index < -0.39 is 5.82 Å². The molecule has 0 spiro atoms. The molecule has 0 aliphatic heterocycles. The number of hydrogen-bond donors (Lipinski definition) is 4. The van der Waals surface area contributed by atoms with Gasteiger partial charge in [-0.1, -0.05) is 6.07 Å². The molecule has 0 unspecified atom stereocenters. The SMILES string of the molecule is Nc1cncc(-c2ccc3[nH]nc(-c4nc5c(-c6cc(O)cc(F)c6)nccc5[nH]4)c3c2)c1. The molecule has 4 heterocycles. The molecule has 0 fully saturated rings. The fraction of sp³-hybridized carbons (Fsp3) is 0. The Kier molecular flexibility index (Phi) is 4.09. The largest absolute Gasteiger partial charge is 0.508 e. The molecule has 6 aromatic rings. The van der Waals surface area contributed by atoms with E-state index in [0.717, 1.165) is 28.1 Å². The second kappa shape index (κ2) is 7.13. The third-order valence-corrected chi connectivity index (χ3v) is 5.44. The predicted octanol–water partition coefficient (Wildman–Crippen LogP) is 4.66. The summed E-state index contributed by atoms with van der Waals surface area (Å²) in [4.78, 5) is 16.5. The highest BCUT2D eigenvalue weighted by atomic mass is 19.1. The van der Waals surface area contributed by atoms with Gasteiger partial charge in [0.05, 0.1) is 22.4 Å². The molecule has 0 bridgehead atoms. The number of benzene rings is 2. The monoisotopic (exact) mass is 437 g/mol. The van der Waals surface area contributed by atoms with E-state index in [9.17, 15) is 9.50 Å². The molecule has 33 heavy (non-hydrogen) atoms. The highest BCUT2D eigenvalue weighted by molar-refractivity contribution is 5.97. The lowest BCUT2D eigenvalue weighted by molar-refractivity contribution is 0.469. The van der Waals surface area contributed by atoms with Crippen LogP contribution in [0.5, 0.6) is 5.75 Å². The highest BCUT2D eigenvalue weighted by Gasteiger charge is 2.17. The van der Waals surface area contributed by atoms with Crippen molar-refractivity contribution in [3.63, 3.8) is 0 Å². The quantitative estimate of drug-likeness (QED) is 0.319. The lowest BCUT2D eigenvalue weighted by Crippen LogP contribution is -1.88. The van der Waals surface area contributed by atoms with Gasteiger partial charge < -0.3 is 15.8 Å². The normalized spacial score (nSPS) is 11.4. The van der Waals surface area contributed by atoms with Crippen LogP contribution in [0.2, 0.25) is 0 Å². The fourth-order valence-corrected chi connectivity index (χ4v) is 3.96. The van der Waals surface area contributed by atoms with Crippen molar-refractivity contribution in [2.75, 3.05) is 5.73 Å². The van der Waals surface area contributed by atoms with E-state index in [1.54, 1.807) is 24.7 Å². The van der Waals surface area contributed by atoms with Crippen LogP contribution in [0.25, 0.3) is 55.8 Å². The van der Waals surface area contributed by atoms with Gasteiger partial charge in [-0.25, -0.2) is 9.37 Å². The fourth-order valence-electron chi connectivity index (χ4n) is 3.96. The number of aromatic amines is 2. The van der Waals surface area contributed by atoms with Crippen molar-refractivity contribution in [1.29, 1.82) is 0 Å². The summed E-state index contributed by atoms with van der Waals surface area (Å²) in [6.07, 6.45) is 4.96. The molecule has 0 atom stereocenters. The number of phenols is 1. The summed E-state index contributed by atoms with van der Waals surface area (Å²) in [6.45, 7) is 0. The number of nitrogens with one attached hydrogen (secondary N) is 2. The van der Waals surface area contributed by atoms with Crippen LogP contribution < -0.4 is 5.73 Å². The molecule has 8 nitrogen and oxygen atoms in total. The van der Waals surface area contributed by atoms with Gasteiger partial charge >= 0.3 is 0 Å². The average Bonchev–Trinajstić information content (AvgIpc) is 3.41. The molecule has 5 N–H and O–H groups in total. The van der Waals surface area contributed by atoms with Gasteiger partial charge in [-0.05, 0) is 42.0 Å². The second-order valence-electron chi connectivity index (χ2n) is 7.68. The second-order valence-corrected chi connectivity index (χ2v) is 7.68. The van der Waals surface area contributed by atoms with E-state index in [2.05, 4.69) is 25.1 Å². The van der Waals surface area contributed by atoms with Gasteiger partial charge in [0.15, 0.2) is 5.82 Å². The standard InChI is InChI=1S/C24H16FN7O/c25-15-5-13(7-17(33)9-15)21-23-20(3-4-28-21)29-24(30-23)22-18-8-12(1-2-19(18)31-32-22)14-6-16(26)11-27-10-14/h1-11,33H,26H2,(H,29,30)(H,31,32). The van der Waals surface area contributed by atoms with Crippen molar-refractivity contribution in [3.8, 4) is 39.7 Å². The third kappa shape index (κ3) is 3.23. The van der Waals surface area contributed by atoms with Crippen molar-refractivity contribution < 1.29 is 9.50 Å². The number of imidazole rings is 1. The van der Waals surface area contributed by atoms with Crippen molar-refractivity contribution >= 4 is 27.6 Å². The van der Waals surface area contributed by atoms with E-state index in [-0.39, 0.29) is 5.75 Å². The van der Waals surface area contributed by atoms with Crippen LogP contribution in [0.15, 0.2) is 67.1 Å². The molecular weight excluding hydrogens is 421 g/mol. The maximum absolute atomic E-state index is 13.9. The minimum atomic E-state index is -0.554. The average molecular weight is 437 g/mol. The van der Waals surface area contributed by atoms with Gasteiger partial charge in [-0.2, -0.15) is 5.10 Å². The molecular formula is C24H16FN7O. The Morgan fingerprint density at radius 3 is 2.64 bits per heavy atom. The first-order valence-corrected chi connectivity index (χ1v) is 10.1. The van der Waals surface area contributed by atoms with E-state index in [1.165, 1.54) is 12.1 Å². The van der Waals surface area contributed by atoms with Gasteiger partial charge in [-0.15, -0.1) is 0 Å². The summed E-state index contributed by atoms with van der Waals surface area (Å²) >= 11 is 0. The molecule has 4 aromatic heterocycles. The zero-order valence-corrected chi connectivity index (χ0v) is 17.0. The first-order chi connectivity index (χ1) is 16.0. The third-order valence-electron chi connectivity index (χ3n) is 5.44. The van der Waals surface area contributed by atoms with Crippen molar-refractivity contribution in [2.45, 2.75) is 0 Å². The number of fused-ring (bicyclic) bond motifs is 2. The van der Waals surface area contributed by atoms with Crippen LogP contribution in [0.3, 0.4) is 0 Å². The molecule has 2 aromatic carbocycles. The Labute approximate surface area is 186 Å². The summed E-state index contributed by atoms with van der Waals surface area (Å²) in [5.74, 6) is -0.197. The number of H-pyrrole nitrogens is 2. The molecule has 0 saturated carbocycles. The number of phenolic OH excluding ortho intramolecular Hbond substituents is 1. The molecule has 6 rings (SSSR count). The number of pyridine rings is 2. The van der Waals surface area contributed by atoms with Gasteiger partial charge in [0.1, 0.15) is 22.8 Å². The number of halogens is 1. The van der Waals surface area contributed by atoms with E-state index in [4.69, 9.17) is 10.7 Å². The Balaban J connectivity index is 1.51. The van der Waals surface area contributed by atoms with Crippen LogP contribution in [0.1, 0.15) is 0 Å². The molecule has 0 aliphatic carbocycles. The predicted molar refractivity (Wildman–Crippen MR) is 124 cm³/mol. The minimum Gasteiger partial charge on any atom is -0.508 e. The summed E-state index contributed by atoms with van der Waals surface area (Å²) in [5, 5.41) is 18.2. The first-order valence-electron chi connectivity index (χ1n) is 10.1. The number of nitrogens with zero attached hydrogens (tertiary/aromatic N) is 4. The van der Waals surface area contributed by atoms with Crippen molar-refractivity contribution in [2.24, 2.45) is 0 Å². The van der Waals surface area contributed by atoms with Gasteiger partial charge in [0.25, 0.3) is 0 Å². The van der Waals surface area contributed by atoms with E-state index in [0.29, 0.717) is 39.5 Å². The zero-order valence-electron chi connectivity index (χ0n) is 17.0. The lowest BCUT2D eigenvalue weighted by Gasteiger charge is -2.03. The Morgan fingerprint density at radius 2 is 1.79 bits per heavy atom. The first kappa shape index (κ1) is 18.9. The maximum Gasteiger partial charge on any atom is 0.159 e.